The molecule has 6 heteroatoms. The van der Waals surface area contributed by atoms with E-state index in [9.17, 15) is 4.79 Å². The Bertz CT molecular complexity index is 674. The molecular formula is C22H33BrN4O. The summed E-state index contributed by atoms with van der Waals surface area (Å²) in [5.41, 5.74) is 1.63. The minimum absolute atomic E-state index is 0.152. The highest BCUT2D eigenvalue weighted by Crippen LogP contribution is 2.41. The zero-order valence-electron chi connectivity index (χ0n) is 17.1. The van der Waals surface area contributed by atoms with Crippen LogP contribution in [-0.2, 0) is 10.2 Å². The van der Waals surface area contributed by atoms with Crippen LogP contribution in [0.3, 0.4) is 0 Å². The molecule has 0 atom stereocenters. The molecule has 1 heterocycles. The molecule has 1 amide bonds. The van der Waals surface area contributed by atoms with Gasteiger partial charge >= 0.3 is 0 Å². The number of amides is 1. The predicted octanol–water partition coefficient (Wildman–Crippen LogP) is 3.68. The first kappa shape index (κ1) is 21.2. The van der Waals surface area contributed by atoms with E-state index < -0.39 is 0 Å². The van der Waals surface area contributed by atoms with Crippen LogP contribution in [0, 0.1) is 5.92 Å². The van der Waals surface area contributed by atoms with E-state index in [-0.39, 0.29) is 11.3 Å². The van der Waals surface area contributed by atoms with Crippen molar-refractivity contribution < 1.29 is 4.79 Å². The van der Waals surface area contributed by atoms with E-state index in [4.69, 9.17) is 0 Å². The van der Waals surface area contributed by atoms with Crippen LogP contribution in [0.5, 0.6) is 0 Å². The lowest BCUT2D eigenvalue weighted by atomic mass is 9.79. The maximum atomic E-state index is 11.6. The molecule has 2 N–H and O–H groups in total. The summed E-state index contributed by atoms with van der Waals surface area (Å²) < 4.78 is 1.13. The van der Waals surface area contributed by atoms with E-state index in [0.717, 1.165) is 42.9 Å². The van der Waals surface area contributed by atoms with Gasteiger partial charge in [0, 0.05) is 50.0 Å². The number of aliphatic imine (C=N–C) groups is 1. The van der Waals surface area contributed by atoms with Gasteiger partial charge in [0.2, 0.25) is 5.91 Å². The first-order valence-electron chi connectivity index (χ1n) is 10.5. The van der Waals surface area contributed by atoms with E-state index in [1.165, 1.54) is 31.2 Å². The van der Waals surface area contributed by atoms with Crippen molar-refractivity contribution >= 4 is 27.8 Å². The number of hydrogen-bond donors (Lipinski definition) is 2. The summed E-state index contributed by atoms with van der Waals surface area (Å²) in [5, 5.41) is 6.43. The number of rotatable bonds is 5. The van der Waals surface area contributed by atoms with Gasteiger partial charge in [0.1, 0.15) is 0 Å². The number of hydrogen-bond acceptors (Lipinski definition) is 2. The van der Waals surface area contributed by atoms with Crippen LogP contribution in [0.25, 0.3) is 0 Å². The van der Waals surface area contributed by atoms with E-state index in [0.29, 0.717) is 12.3 Å². The molecule has 0 aromatic heterocycles. The third-order valence-electron chi connectivity index (χ3n) is 6.48. The van der Waals surface area contributed by atoms with Crippen LogP contribution in [0.2, 0.25) is 0 Å². The van der Waals surface area contributed by atoms with Gasteiger partial charge in [-0.2, -0.15) is 0 Å². The van der Waals surface area contributed by atoms with E-state index >= 15 is 0 Å². The summed E-state index contributed by atoms with van der Waals surface area (Å²) in [4.78, 5) is 18.5. The Labute approximate surface area is 177 Å². The van der Waals surface area contributed by atoms with Gasteiger partial charge < -0.3 is 15.5 Å². The van der Waals surface area contributed by atoms with Gasteiger partial charge in [0.15, 0.2) is 5.96 Å². The van der Waals surface area contributed by atoms with Crippen molar-refractivity contribution in [1.82, 2.24) is 15.5 Å². The largest absolute Gasteiger partial charge is 0.359 e. The quantitative estimate of drug-likeness (QED) is 0.533. The molecule has 0 radical (unpaired) electrons. The van der Waals surface area contributed by atoms with Crippen LogP contribution in [-0.4, -0.2) is 50.5 Å². The number of piperidine rings is 1. The van der Waals surface area contributed by atoms with E-state index in [1.54, 1.807) is 7.05 Å². The van der Waals surface area contributed by atoms with E-state index in [2.05, 4.69) is 60.7 Å². The molecule has 2 aliphatic rings. The summed E-state index contributed by atoms with van der Waals surface area (Å²) in [7, 11) is 3.59. The molecule has 0 bridgehead atoms. The fraction of sp³-hybridized carbons (Fsp3) is 0.636. The smallest absolute Gasteiger partial charge is 0.220 e. The van der Waals surface area contributed by atoms with Gasteiger partial charge in [0.05, 0.1) is 0 Å². The van der Waals surface area contributed by atoms with Crippen molar-refractivity contribution in [2.45, 2.75) is 50.4 Å². The molecule has 3 rings (SSSR count). The molecular weight excluding hydrogens is 416 g/mol. The maximum absolute atomic E-state index is 11.6. The highest BCUT2D eigenvalue weighted by atomic mass is 79.9. The third kappa shape index (κ3) is 5.07. The van der Waals surface area contributed by atoms with Crippen LogP contribution in [0.4, 0.5) is 0 Å². The number of halogens is 1. The van der Waals surface area contributed by atoms with Gasteiger partial charge in [-0.1, -0.05) is 40.9 Å². The number of carbonyl (C=O) groups is 1. The number of likely N-dealkylation sites (tertiary alicyclic amines) is 1. The minimum Gasteiger partial charge on any atom is -0.359 e. The zero-order chi connectivity index (χ0) is 20.0. The lowest BCUT2D eigenvalue weighted by Gasteiger charge is -2.36. The topological polar surface area (TPSA) is 56.7 Å². The Morgan fingerprint density at radius 2 is 1.86 bits per heavy atom. The number of guanidine groups is 1. The Balaban J connectivity index is 1.59. The second-order valence-corrected chi connectivity index (χ2v) is 9.12. The van der Waals surface area contributed by atoms with Crippen molar-refractivity contribution in [2.75, 3.05) is 33.7 Å². The van der Waals surface area contributed by atoms with Crippen molar-refractivity contribution in [2.24, 2.45) is 10.9 Å². The fourth-order valence-corrected chi connectivity index (χ4v) is 4.98. The number of nitrogens with one attached hydrogen (secondary N) is 2. The third-order valence-corrected chi connectivity index (χ3v) is 7.01. The number of carbonyl (C=O) groups excluding carboxylic acids is 1. The molecule has 28 heavy (non-hydrogen) atoms. The lowest BCUT2D eigenvalue weighted by Crippen LogP contribution is -2.49. The van der Waals surface area contributed by atoms with E-state index in [1.807, 2.05) is 7.05 Å². The normalized spacial score (nSPS) is 20.2. The zero-order valence-corrected chi connectivity index (χ0v) is 18.7. The highest BCUT2D eigenvalue weighted by molar-refractivity contribution is 9.10. The number of nitrogens with zero attached hydrogens (tertiary/aromatic N) is 2. The van der Waals surface area contributed by atoms with Gasteiger partial charge in [-0.25, -0.2) is 0 Å². The molecule has 154 valence electrons. The molecule has 1 aliphatic carbocycles. The molecule has 1 aliphatic heterocycles. The summed E-state index contributed by atoms with van der Waals surface area (Å²) in [5.74, 6) is 1.64. The molecule has 2 fully saturated rings. The fourth-order valence-electron chi connectivity index (χ4n) is 4.72. The Hall–Kier alpha value is -1.56. The Morgan fingerprint density at radius 3 is 2.43 bits per heavy atom. The second kappa shape index (κ2) is 9.77. The minimum atomic E-state index is 0.152. The molecule has 1 saturated carbocycles. The summed E-state index contributed by atoms with van der Waals surface area (Å²) in [6.45, 7) is 2.86. The van der Waals surface area contributed by atoms with Crippen LogP contribution in [0.1, 0.15) is 50.5 Å². The monoisotopic (exact) mass is 448 g/mol. The molecule has 5 nitrogen and oxygen atoms in total. The van der Waals surface area contributed by atoms with Gasteiger partial charge in [-0.15, -0.1) is 0 Å². The first-order valence-corrected chi connectivity index (χ1v) is 11.3. The SMILES string of the molecule is CN=C(NCC1(c2ccc(Br)cc2)CCCC1)N1CCC(CC(=O)NC)CC1. The summed E-state index contributed by atoms with van der Waals surface area (Å²) in [6.07, 6.45) is 7.78. The molecule has 1 saturated heterocycles. The van der Waals surface area contributed by atoms with Crippen molar-refractivity contribution in [3.63, 3.8) is 0 Å². The molecule has 0 spiro atoms. The second-order valence-electron chi connectivity index (χ2n) is 8.20. The Morgan fingerprint density at radius 1 is 1.21 bits per heavy atom. The van der Waals surface area contributed by atoms with Gasteiger partial charge in [-0.05, 0) is 49.3 Å². The standard InChI is InChI=1S/C22H33BrN4O/c1-24-20(28)15-17-9-13-27(14-10-17)21(25-2)26-16-22(11-3-4-12-22)18-5-7-19(23)8-6-18/h5-8,17H,3-4,9-16H2,1-2H3,(H,24,28)(H,25,26). The van der Waals surface area contributed by atoms with Crippen molar-refractivity contribution in [3.05, 3.63) is 34.3 Å². The van der Waals surface area contributed by atoms with Crippen LogP contribution in [0.15, 0.2) is 33.7 Å². The van der Waals surface area contributed by atoms with Gasteiger partial charge in [-0.3, -0.25) is 9.79 Å². The molecule has 0 unspecified atom stereocenters. The highest BCUT2D eigenvalue weighted by Gasteiger charge is 2.36. The summed E-state index contributed by atoms with van der Waals surface area (Å²) in [6, 6.07) is 8.84. The average Bonchev–Trinajstić information content (AvgIpc) is 3.20. The Kier molecular flexibility index (Phi) is 7.38. The first-order chi connectivity index (χ1) is 13.6. The van der Waals surface area contributed by atoms with Crippen LogP contribution >= 0.6 is 15.9 Å². The van der Waals surface area contributed by atoms with Crippen molar-refractivity contribution in [3.8, 4) is 0 Å². The maximum Gasteiger partial charge on any atom is 0.220 e. The number of benzene rings is 1. The lowest BCUT2D eigenvalue weighted by molar-refractivity contribution is -0.121. The predicted molar refractivity (Wildman–Crippen MR) is 119 cm³/mol. The molecule has 1 aromatic rings. The van der Waals surface area contributed by atoms with Crippen molar-refractivity contribution in [1.29, 1.82) is 0 Å². The summed E-state index contributed by atoms with van der Waals surface area (Å²) >= 11 is 3.55. The van der Waals surface area contributed by atoms with Crippen LogP contribution < -0.4 is 10.6 Å². The average molecular weight is 449 g/mol. The molecule has 1 aromatic carbocycles. The van der Waals surface area contributed by atoms with Gasteiger partial charge in [0.25, 0.3) is 0 Å².